The van der Waals surface area contributed by atoms with Crippen molar-refractivity contribution in [1.29, 1.82) is 0 Å². The minimum absolute atomic E-state index is 0.0845. The Morgan fingerprint density at radius 3 is 2.72 bits per heavy atom. The summed E-state index contributed by atoms with van der Waals surface area (Å²) in [4.78, 5) is 14.5. The second kappa shape index (κ2) is 6.84. The van der Waals surface area contributed by atoms with Crippen molar-refractivity contribution in [1.82, 2.24) is 14.7 Å². The van der Waals surface area contributed by atoms with Crippen LogP contribution in [-0.2, 0) is 13.1 Å². The first kappa shape index (κ1) is 15.5. The van der Waals surface area contributed by atoms with Crippen molar-refractivity contribution in [2.45, 2.75) is 32.0 Å². The van der Waals surface area contributed by atoms with E-state index in [-0.39, 0.29) is 6.03 Å². The molecule has 2 aromatic heterocycles. The van der Waals surface area contributed by atoms with Crippen molar-refractivity contribution >= 4 is 11.7 Å². The normalized spacial score (nSPS) is 13.6. The molecule has 1 aliphatic carbocycles. The summed E-state index contributed by atoms with van der Waals surface area (Å²) in [6.07, 6.45) is 7.43. The molecule has 1 aliphatic rings. The third kappa shape index (κ3) is 3.91. The third-order valence-corrected chi connectivity index (χ3v) is 4.26. The van der Waals surface area contributed by atoms with E-state index in [1.807, 2.05) is 58.2 Å². The second-order valence-corrected chi connectivity index (χ2v) is 6.27. The average molecular weight is 336 g/mol. The van der Waals surface area contributed by atoms with Crippen molar-refractivity contribution in [2.24, 2.45) is 0 Å². The molecule has 1 fully saturated rings. The molecule has 2 heterocycles. The molecule has 4 rings (SSSR count). The van der Waals surface area contributed by atoms with Crippen LogP contribution in [0.2, 0.25) is 0 Å². The quantitative estimate of drug-likeness (QED) is 0.746. The van der Waals surface area contributed by atoms with Gasteiger partial charge in [0.15, 0.2) is 0 Å². The van der Waals surface area contributed by atoms with Crippen molar-refractivity contribution in [3.8, 4) is 0 Å². The molecule has 3 aromatic rings. The van der Waals surface area contributed by atoms with Crippen LogP contribution in [0.25, 0.3) is 0 Å². The molecular formula is C19H20N4O2. The van der Waals surface area contributed by atoms with Crippen molar-refractivity contribution in [2.75, 3.05) is 5.32 Å². The maximum Gasteiger partial charge on any atom is 0.322 e. The maximum absolute atomic E-state index is 12.6. The number of nitrogens with zero attached hydrogens (tertiary/aromatic N) is 3. The van der Waals surface area contributed by atoms with Gasteiger partial charge in [-0.1, -0.05) is 12.1 Å². The van der Waals surface area contributed by atoms with E-state index in [0.29, 0.717) is 19.1 Å². The summed E-state index contributed by atoms with van der Waals surface area (Å²) in [6.45, 7) is 1.22. The Balaban J connectivity index is 1.39. The van der Waals surface area contributed by atoms with Crippen molar-refractivity contribution in [3.63, 3.8) is 0 Å². The van der Waals surface area contributed by atoms with Gasteiger partial charge < -0.3 is 14.6 Å². The summed E-state index contributed by atoms with van der Waals surface area (Å²) in [6, 6.07) is 13.7. The fourth-order valence-electron chi connectivity index (χ4n) is 2.79. The highest BCUT2D eigenvalue weighted by Crippen LogP contribution is 2.29. The Kier molecular flexibility index (Phi) is 4.24. The van der Waals surface area contributed by atoms with E-state index < -0.39 is 0 Å². The molecule has 0 spiro atoms. The largest absolute Gasteiger partial charge is 0.467 e. The number of hydrogen-bond acceptors (Lipinski definition) is 3. The average Bonchev–Trinajstić information content (AvgIpc) is 3.09. The minimum atomic E-state index is -0.0845. The first-order chi connectivity index (χ1) is 12.3. The van der Waals surface area contributed by atoms with Crippen LogP contribution >= 0.6 is 0 Å². The van der Waals surface area contributed by atoms with Gasteiger partial charge in [0.25, 0.3) is 0 Å². The van der Waals surface area contributed by atoms with Crippen LogP contribution in [0.4, 0.5) is 10.5 Å². The summed E-state index contributed by atoms with van der Waals surface area (Å²) in [5, 5.41) is 7.18. The Morgan fingerprint density at radius 1 is 1.24 bits per heavy atom. The molecule has 6 heteroatoms. The predicted octanol–water partition coefficient (Wildman–Crippen LogP) is 3.72. The molecule has 25 heavy (non-hydrogen) atoms. The van der Waals surface area contributed by atoms with Crippen molar-refractivity contribution in [3.05, 3.63) is 72.4 Å². The highest BCUT2D eigenvalue weighted by Gasteiger charge is 2.33. The minimum Gasteiger partial charge on any atom is -0.467 e. The first-order valence-electron chi connectivity index (χ1n) is 8.44. The lowest BCUT2D eigenvalue weighted by Gasteiger charge is -2.21. The lowest BCUT2D eigenvalue weighted by atomic mass is 10.2. The van der Waals surface area contributed by atoms with Crippen LogP contribution in [0.1, 0.15) is 24.2 Å². The molecule has 0 aliphatic heterocycles. The molecule has 128 valence electrons. The molecule has 2 amide bonds. The predicted molar refractivity (Wildman–Crippen MR) is 94.1 cm³/mol. The Bertz CT molecular complexity index is 806. The maximum atomic E-state index is 12.6. The van der Waals surface area contributed by atoms with E-state index in [0.717, 1.165) is 29.9 Å². The number of urea groups is 1. The van der Waals surface area contributed by atoms with Crippen LogP contribution in [0.3, 0.4) is 0 Å². The van der Waals surface area contributed by atoms with E-state index in [1.54, 1.807) is 12.5 Å². The Labute approximate surface area is 146 Å². The SMILES string of the molecule is O=C(Nc1ccc(Cn2cccn2)cc1)N(Cc1ccco1)C1CC1. The molecule has 0 bridgehead atoms. The highest BCUT2D eigenvalue weighted by atomic mass is 16.3. The van der Waals surface area contributed by atoms with Gasteiger partial charge in [-0.3, -0.25) is 4.68 Å². The monoisotopic (exact) mass is 336 g/mol. The van der Waals surface area contributed by atoms with Gasteiger partial charge in [0.1, 0.15) is 5.76 Å². The number of aromatic nitrogens is 2. The van der Waals surface area contributed by atoms with Gasteiger partial charge in [-0.25, -0.2) is 4.79 Å². The standard InChI is InChI=1S/C19H20N4O2/c24-19(23(17-8-9-17)14-18-3-1-12-25-18)21-16-6-4-15(5-7-16)13-22-11-2-10-20-22/h1-7,10-12,17H,8-9,13-14H2,(H,21,24). The van der Waals surface area contributed by atoms with Gasteiger partial charge in [-0.2, -0.15) is 5.10 Å². The van der Waals surface area contributed by atoms with Gasteiger partial charge in [0.2, 0.25) is 0 Å². The van der Waals surface area contributed by atoms with E-state index in [2.05, 4.69) is 10.4 Å². The van der Waals surface area contributed by atoms with Crippen LogP contribution in [-0.4, -0.2) is 26.8 Å². The summed E-state index contributed by atoms with van der Waals surface area (Å²) >= 11 is 0. The highest BCUT2D eigenvalue weighted by molar-refractivity contribution is 5.89. The van der Waals surface area contributed by atoms with E-state index in [1.165, 1.54) is 0 Å². The molecule has 1 saturated carbocycles. The zero-order valence-electron chi connectivity index (χ0n) is 13.8. The van der Waals surface area contributed by atoms with Gasteiger partial charge in [-0.05, 0) is 48.7 Å². The number of amides is 2. The van der Waals surface area contributed by atoms with Gasteiger partial charge >= 0.3 is 6.03 Å². The van der Waals surface area contributed by atoms with E-state index >= 15 is 0 Å². The molecule has 1 N–H and O–H groups in total. The Hall–Kier alpha value is -3.02. The van der Waals surface area contributed by atoms with E-state index in [4.69, 9.17) is 4.42 Å². The number of hydrogen-bond donors (Lipinski definition) is 1. The number of nitrogens with one attached hydrogen (secondary N) is 1. The molecule has 0 saturated heterocycles. The van der Waals surface area contributed by atoms with Crippen LogP contribution in [0.15, 0.2) is 65.5 Å². The fourth-order valence-corrected chi connectivity index (χ4v) is 2.79. The van der Waals surface area contributed by atoms with E-state index in [9.17, 15) is 4.79 Å². The smallest absolute Gasteiger partial charge is 0.322 e. The third-order valence-electron chi connectivity index (χ3n) is 4.26. The lowest BCUT2D eigenvalue weighted by molar-refractivity contribution is 0.201. The van der Waals surface area contributed by atoms with Crippen LogP contribution in [0, 0.1) is 0 Å². The summed E-state index contributed by atoms with van der Waals surface area (Å²) < 4.78 is 7.24. The molecule has 0 radical (unpaired) electrons. The van der Waals surface area contributed by atoms with Crippen LogP contribution in [0.5, 0.6) is 0 Å². The van der Waals surface area contributed by atoms with Crippen LogP contribution < -0.4 is 5.32 Å². The topological polar surface area (TPSA) is 63.3 Å². The number of furan rings is 1. The summed E-state index contributed by atoms with van der Waals surface area (Å²) in [5.74, 6) is 0.802. The number of benzene rings is 1. The number of anilines is 1. The van der Waals surface area contributed by atoms with Crippen molar-refractivity contribution < 1.29 is 9.21 Å². The number of carbonyl (C=O) groups is 1. The second-order valence-electron chi connectivity index (χ2n) is 6.27. The lowest BCUT2D eigenvalue weighted by Crippen LogP contribution is -2.36. The van der Waals surface area contributed by atoms with Gasteiger partial charge in [0, 0.05) is 24.1 Å². The zero-order valence-corrected chi connectivity index (χ0v) is 13.8. The first-order valence-corrected chi connectivity index (χ1v) is 8.44. The Morgan fingerprint density at radius 2 is 2.08 bits per heavy atom. The molecule has 1 aromatic carbocycles. The summed E-state index contributed by atoms with van der Waals surface area (Å²) in [7, 11) is 0. The zero-order chi connectivity index (χ0) is 17.1. The van der Waals surface area contributed by atoms with Gasteiger partial charge in [-0.15, -0.1) is 0 Å². The number of carbonyl (C=O) groups excluding carboxylic acids is 1. The summed E-state index contributed by atoms with van der Waals surface area (Å²) in [5.41, 5.74) is 1.93. The molecule has 6 nitrogen and oxygen atoms in total. The number of rotatable bonds is 6. The molecule has 0 atom stereocenters. The van der Waals surface area contributed by atoms with Gasteiger partial charge in [0.05, 0.1) is 19.4 Å². The fraction of sp³-hybridized carbons (Fsp3) is 0.263. The molecular weight excluding hydrogens is 316 g/mol. The molecule has 0 unspecified atom stereocenters.